The van der Waals surface area contributed by atoms with Crippen LogP contribution < -0.4 is 20.1 Å². The third-order valence-electron chi connectivity index (χ3n) is 9.47. The van der Waals surface area contributed by atoms with E-state index >= 15 is 0 Å². The fourth-order valence-corrected chi connectivity index (χ4v) is 7.53. The van der Waals surface area contributed by atoms with Gasteiger partial charge in [0.15, 0.2) is 0 Å². The van der Waals surface area contributed by atoms with Crippen LogP contribution in [-0.2, 0) is 24.4 Å². The number of ether oxygens (including phenoxy) is 1. The zero-order valence-electron chi connectivity index (χ0n) is 28.7. The highest BCUT2D eigenvalue weighted by Crippen LogP contribution is 2.48. The highest BCUT2D eigenvalue weighted by molar-refractivity contribution is 7.91. The summed E-state index contributed by atoms with van der Waals surface area (Å²) in [5, 5.41) is 17.0. The number of benzene rings is 1. The molecule has 20 heteroatoms. The van der Waals surface area contributed by atoms with Gasteiger partial charge in [-0.25, -0.2) is 22.2 Å². The lowest BCUT2D eigenvalue weighted by atomic mass is 10.0. The van der Waals surface area contributed by atoms with Crippen LogP contribution >= 0.6 is 0 Å². The summed E-state index contributed by atoms with van der Waals surface area (Å²) in [6.45, 7) is 4.90. The number of halogens is 2. The smallest absolute Gasteiger partial charge is 0.272 e. The Morgan fingerprint density at radius 1 is 1.06 bits per heavy atom. The molecule has 0 radical (unpaired) electrons. The third kappa shape index (κ3) is 7.42. The molecule has 1 unspecified atom stereocenters. The summed E-state index contributed by atoms with van der Waals surface area (Å²) in [6, 6.07) is 3.56. The van der Waals surface area contributed by atoms with Gasteiger partial charge in [-0.2, -0.15) is 4.80 Å². The Labute approximate surface area is 297 Å². The van der Waals surface area contributed by atoms with E-state index in [1.807, 2.05) is 4.72 Å². The number of aryl methyl sites for hydroxylation is 1. The maximum Gasteiger partial charge on any atom is 0.272 e. The Morgan fingerprint density at radius 3 is 2.35 bits per heavy atom. The van der Waals surface area contributed by atoms with Crippen molar-refractivity contribution in [3.63, 3.8) is 0 Å². The molecular weight excluding hydrogens is 706 g/mol. The van der Waals surface area contributed by atoms with Crippen LogP contribution in [0.1, 0.15) is 61.8 Å². The van der Waals surface area contributed by atoms with Crippen molar-refractivity contribution in [1.29, 1.82) is 0 Å². The topological polar surface area (TPSA) is 220 Å². The molecule has 3 heterocycles. The molecular formula is C32H38F2N10O7S. The van der Waals surface area contributed by atoms with E-state index in [2.05, 4.69) is 36.0 Å². The average molecular weight is 745 g/mol. The fraction of sp³-hybridized carbons (Fsp3) is 0.531. The van der Waals surface area contributed by atoms with Crippen LogP contribution in [0.15, 0.2) is 36.7 Å². The first-order chi connectivity index (χ1) is 24.6. The minimum absolute atomic E-state index is 0.0450. The number of nitrogens with one attached hydrogen (secondary N) is 3. The van der Waals surface area contributed by atoms with Gasteiger partial charge in [-0.3, -0.25) is 28.9 Å². The van der Waals surface area contributed by atoms with Crippen LogP contribution in [0.4, 0.5) is 8.78 Å². The van der Waals surface area contributed by atoms with Crippen molar-refractivity contribution in [3.8, 4) is 17.1 Å². The molecule has 3 fully saturated rings. The van der Waals surface area contributed by atoms with Crippen molar-refractivity contribution in [2.45, 2.75) is 81.8 Å². The first-order valence-corrected chi connectivity index (χ1v) is 18.2. The molecule has 3 N–H and O–H groups in total. The largest absolute Gasteiger partial charge is 0.497 e. The molecule has 2 saturated carbocycles. The predicted molar refractivity (Wildman–Crippen MR) is 177 cm³/mol. The highest BCUT2D eigenvalue weighted by Gasteiger charge is 2.66. The molecule has 52 heavy (non-hydrogen) atoms. The number of nitrogens with zero attached hydrogens (tertiary/aromatic N) is 7. The average Bonchev–Trinajstić information content (AvgIpc) is 4.00. The molecule has 1 aliphatic heterocycles. The minimum atomic E-state index is -4.13. The van der Waals surface area contributed by atoms with Crippen LogP contribution in [0, 0.1) is 18.8 Å². The zero-order valence-corrected chi connectivity index (χ0v) is 29.5. The van der Waals surface area contributed by atoms with Gasteiger partial charge in [-0.15, -0.1) is 10.2 Å². The zero-order chi connectivity index (χ0) is 37.5. The lowest BCUT2D eigenvalue weighted by Crippen LogP contribution is -2.59. The van der Waals surface area contributed by atoms with Crippen LogP contribution in [-0.4, -0.2) is 110 Å². The standard InChI is InChI=1S/C32H38F2N10O7S/c1-16(2)25(37-28(45)23-14-35-17(3)13-36-23)30(47)43-15-19(44-40-27(39-42-44)18-5-7-20(51-4)8-6-18)11-24(43)29(46)38-32(12-22(32)26(33)34)31(48)41-52(49,50)21-9-10-21/h5-8,13-14,16,19,21-22,24-26H,9-12,15H2,1-4H3,(H,37,45)(H,38,46)(H,41,48)/t19-,22+,24?,25+,32-/m1/s1. The second-order valence-electron chi connectivity index (χ2n) is 13.6. The van der Waals surface area contributed by atoms with Crippen molar-refractivity contribution >= 4 is 33.7 Å². The summed E-state index contributed by atoms with van der Waals surface area (Å²) < 4.78 is 60.3. The number of carbonyl (C=O) groups is 4. The molecule has 3 aliphatic rings. The normalized spacial score (nSPS) is 23.3. The highest BCUT2D eigenvalue weighted by atomic mass is 32.2. The fourth-order valence-electron chi connectivity index (χ4n) is 6.16. The number of rotatable bonds is 13. The third-order valence-corrected chi connectivity index (χ3v) is 11.3. The van der Waals surface area contributed by atoms with Crippen LogP contribution in [0.5, 0.6) is 5.75 Å². The first-order valence-electron chi connectivity index (χ1n) is 16.6. The number of hydrogen-bond acceptors (Lipinski definition) is 12. The van der Waals surface area contributed by atoms with Crippen molar-refractivity contribution in [3.05, 3.63) is 48.0 Å². The molecule has 2 aromatic heterocycles. The lowest BCUT2D eigenvalue weighted by molar-refractivity contribution is -0.141. The number of hydrogen-bond donors (Lipinski definition) is 3. The van der Waals surface area contributed by atoms with Crippen molar-refractivity contribution in [2.75, 3.05) is 13.7 Å². The monoisotopic (exact) mass is 744 g/mol. The number of sulfonamides is 1. The summed E-state index contributed by atoms with van der Waals surface area (Å²) in [5.41, 5.74) is -1.09. The number of aromatic nitrogens is 6. The number of amides is 4. The number of tetrazole rings is 1. The number of methoxy groups -OCH3 is 1. The van der Waals surface area contributed by atoms with Gasteiger partial charge >= 0.3 is 0 Å². The Bertz CT molecular complexity index is 1960. The number of alkyl halides is 2. The van der Waals surface area contributed by atoms with Crippen LogP contribution in [0.3, 0.4) is 0 Å². The summed E-state index contributed by atoms with van der Waals surface area (Å²) in [6.07, 6.45) is -0.397. The molecule has 0 bridgehead atoms. The summed E-state index contributed by atoms with van der Waals surface area (Å²) in [5.74, 6) is -4.91. The summed E-state index contributed by atoms with van der Waals surface area (Å²) in [4.78, 5) is 65.3. The Balaban J connectivity index is 1.28. The summed E-state index contributed by atoms with van der Waals surface area (Å²) >= 11 is 0. The quantitative estimate of drug-likeness (QED) is 0.221. The second kappa shape index (κ2) is 14.1. The second-order valence-corrected chi connectivity index (χ2v) is 15.5. The van der Waals surface area contributed by atoms with E-state index in [4.69, 9.17) is 4.74 Å². The Morgan fingerprint density at radius 2 is 1.77 bits per heavy atom. The maximum atomic E-state index is 14.3. The SMILES string of the molecule is COc1ccc(-c2nnn([C@@H]3CC(C(=O)N[C@]4(C(=O)NS(=O)(=O)C5CC5)C[C@H]4C(F)F)N(C(=O)[C@@H](NC(=O)c4cnc(C)cn4)C(C)C)C3)n2)cc1. The van der Waals surface area contributed by atoms with Gasteiger partial charge in [-0.05, 0) is 61.6 Å². The van der Waals surface area contributed by atoms with E-state index < -0.39 is 87.2 Å². The molecule has 3 aromatic rings. The Kier molecular flexibility index (Phi) is 9.95. The van der Waals surface area contributed by atoms with Gasteiger partial charge in [0, 0.05) is 24.7 Å². The van der Waals surface area contributed by atoms with Crippen molar-refractivity contribution < 1.29 is 41.1 Å². The predicted octanol–water partition coefficient (Wildman–Crippen LogP) is 0.792. The van der Waals surface area contributed by atoms with Crippen LogP contribution in [0.2, 0.25) is 0 Å². The van der Waals surface area contributed by atoms with E-state index in [0.29, 0.717) is 29.8 Å². The molecule has 4 amide bonds. The number of carbonyl (C=O) groups excluding carboxylic acids is 4. The lowest BCUT2D eigenvalue weighted by Gasteiger charge is -2.31. The van der Waals surface area contributed by atoms with Crippen molar-refractivity contribution in [2.24, 2.45) is 11.8 Å². The van der Waals surface area contributed by atoms with E-state index in [1.165, 1.54) is 29.2 Å². The molecule has 5 atom stereocenters. The van der Waals surface area contributed by atoms with Gasteiger partial charge in [0.05, 0.1) is 36.2 Å². The molecule has 1 saturated heterocycles. The van der Waals surface area contributed by atoms with E-state index in [1.54, 1.807) is 45.0 Å². The molecule has 2 aliphatic carbocycles. The molecule has 6 rings (SSSR count). The summed E-state index contributed by atoms with van der Waals surface area (Å²) in [7, 11) is -2.60. The van der Waals surface area contributed by atoms with E-state index in [0.717, 1.165) is 0 Å². The molecule has 278 valence electrons. The molecule has 0 spiro atoms. The van der Waals surface area contributed by atoms with Gasteiger partial charge in [0.25, 0.3) is 11.8 Å². The minimum Gasteiger partial charge on any atom is -0.497 e. The maximum absolute atomic E-state index is 14.3. The van der Waals surface area contributed by atoms with E-state index in [9.17, 15) is 36.4 Å². The molecule has 17 nitrogen and oxygen atoms in total. The van der Waals surface area contributed by atoms with E-state index in [-0.39, 0.29) is 24.5 Å². The van der Waals surface area contributed by atoms with Gasteiger partial charge in [0.1, 0.15) is 29.1 Å². The van der Waals surface area contributed by atoms with Crippen LogP contribution in [0.25, 0.3) is 11.4 Å². The number of likely N-dealkylation sites (tertiary alicyclic amines) is 1. The first kappa shape index (κ1) is 36.6. The molecule has 1 aromatic carbocycles. The van der Waals surface area contributed by atoms with Gasteiger partial charge < -0.3 is 20.3 Å². The van der Waals surface area contributed by atoms with Gasteiger partial charge in [-0.1, -0.05) is 13.8 Å². The Hall–Kier alpha value is -5.14. The van der Waals surface area contributed by atoms with Crippen molar-refractivity contribution in [1.82, 2.24) is 50.4 Å². The van der Waals surface area contributed by atoms with Gasteiger partial charge in [0.2, 0.25) is 34.1 Å².